The second-order valence-corrected chi connectivity index (χ2v) is 9.90. The Morgan fingerprint density at radius 1 is 1.10 bits per heavy atom. The number of rotatable bonds is 8. The minimum Gasteiger partial charge on any atom is -0.350 e. The Balaban J connectivity index is 1.72. The van der Waals surface area contributed by atoms with E-state index in [1.807, 2.05) is 31.2 Å². The molecule has 1 atom stereocenters. The van der Waals surface area contributed by atoms with Crippen molar-refractivity contribution >= 4 is 21.6 Å². The van der Waals surface area contributed by atoms with Gasteiger partial charge in [0, 0.05) is 13.1 Å². The van der Waals surface area contributed by atoms with Gasteiger partial charge in [-0.3, -0.25) is 14.0 Å². The molecule has 2 aromatic carbocycles. The van der Waals surface area contributed by atoms with Gasteiger partial charge in [0.1, 0.15) is 6.04 Å². The SMILES string of the molecule is Cc1cccc(N([C@H](C)C(=O)NCc2ccccc2CN2CCCC2)S(C)(=O)=O)c1. The monoisotopic (exact) mass is 429 g/mol. The Bertz CT molecular complexity index is 985. The maximum atomic E-state index is 12.9. The first kappa shape index (κ1) is 22.3. The topological polar surface area (TPSA) is 69.7 Å². The highest BCUT2D eigenvalue weighted by atomic mass is 32.2. The number of hydrogen-bond acceptors (Lipinski definition) is 4. The fourth-order valence-corrected chi connectivity index (χ4v) is 5.14. The number of amides is 1. The lowest BCUT2D eigenvalue weighted by Crippen LogP contribution is -2.47. The molecule has 2 aromatic rings. The van der Waals surface area contributed by atoms with Crippen molar-refractivity contribution in [2.24, 2.45) is 0 Å². The lowest BCUT2D eigenvalue weighted by Gasteiger charge is -2.28. The number of benzene rings is 2. The van der Waals surface area contributed by atoms with Crippen molar-refractivity contribution in [2.75, 3.05) is 23.7 Å². The molecule has 0 aromatic heterocycles. The van der Waals surface area contributed by atoms with E-state index < -0.39 is 16.1 Å². The molecule has 0 radical (unpaired) electrons. The molecular weight excluding hydrogens is 398 g/mol. The Labute approximate surface area is 179 Å². The molecule has 1 heterocycles. The summed E-state index contributed by atoms with van der Waals surface area (Å²) in [4.78, 5) is 15.3. The predicted octanol–water partition coefficient (Wildman–Crippen LogP) is 3.06. The largest absolute Gasteiger partial charge is 0.350 e. The van der Waals surface area contributed by atoms with Crippen LogP contribution in [0.1, 0.15) is 36.5 Å². The zero-order valence-corrected chi connectivity index (χ0v) is 18.8. The van der Waals surface area contributed by atoms with Crippen LogP contribution in [-0.2, 0) is 27.9 Å². The van der Waals surface area contributed by atoms with Crippen molar-refractivity contribution < 1.29 is 13.2 Å². The van der Waals surface area contributed by atoms with E-state index in [1.54, 1.807) is 25.1 Å². The van der Waals surface area contributed by atoms with Gasteiger partial charge in [-0.1, -0.05) is 36.4 Å². The summed E-state index contributed by atoms with van der Waals surface area (Å²) < 4.78 is 26.1. The second kappa shape index (κ2) is 9.62. The fraction of sp³-hybridized carbons (Fsp3) is 0.435. The molecular formula is C23H31N3O3S. The molecule has 0 bridgehead atoms. The molecule has 1 fully saturated rings. The number of anilines is 1. The van der Waals surface area contributed by atoms with Crippen LogP contribution in [0.15, 0.2) is 48.5 Å². The fourth-order valence-electron chi connectivity index (χ4n) is 3.97. The Morgan fingerprint density at radius 2 is 1.77 bits per heavy atom. The van der Waals surface area contributed by atoms with Crippen LogP contribution in [0.2, 0.25) is 0 Å². The maximum absolute atomic E-state index is 12.9. The normalized spacial score (nSPS) is 15.7. The van der Waals surface area contributed by atoms with Crippen molar-refractivity contribution in [1.82, 2.24) is 10.2 Å². The molecule has 1 N–H and O–H groups in total. The molecule has 1 aliphatic heterocycles. The molecule has 30 heavy (non-hydrogen) atoms. The van der Waals surface area contributed by atoms with E-state index in [4.69, 9.17) is 0 Å². The number of carbonyl (C=O) groups is 1. The van der Waals surface area contributed by atoms with Crippen molar-refractivity contribution in [3.8, 4) is 0 Å². The molecule has 0 saturated carbocycles. The average Bonchev–Trinajstić information content (AvgIpc) is 3.19. The summed E-state index contributed by atoms with van der Waals surface area (Å²) in [6, 6.07) is 14.4. The first-order chi connectivity index (χ1) is 14.3. The van der Waals surface area contributed by atoms with E-state index in [1.165, 1.54) is 22.7 Å². The van der Waals surface area contributed by atoms with Gasteiger partial charge in [0.25, 0.3) is 0 Å². The number of nitrogens with one attached hydrogen (secondary N) is 1. The average molecular weight is 430 g/mol. The van der Waals surface area contributed by atoms with E-state index in [0.29, 0.717) is 12.2 Å². The van der Waals surface area contributed by atoms with E-state index in [0.717, 1.165) is 37.0 Å². The molecule has 162 valence electrons. The van der Waals surface area contributed by atoms with Crippen LogP contribution < -0.4 is 9.62 Å². The van der Waals surface area contributed by atoms with Gasteiger partial charge >= 0.3 is 0 Å². The lowest BCUT2D eigenvalue weighted by atomic mass is 10.1. The molecule has 6 nitrogen and oxygen atoms in total. The summed E-state index contributed by atoms with van der Waals surface area (Å²) in [5, 5.41) is 2.94. The number of nitrogens with zero attached hydrogens (tertiary/aromatic N) is 2. The lowest BCUT2D eigenvalue weighted by molar-refractivity contribution is -0.122. The van der Waals surface area contributed by atoms with Crippen molar-refractivity contribution in [3.05, 3.63) is 65.2 Å². The summed E-state index contributed by atoms with van der Waals surface area (Å²) in [5.41, 5.74) is 3.69. The van der Waals surface area contributed by atoms with Crippen LogP contribution >= 0.6 is 0 Å². The Morgan fingerprint density at radius 3 is 2.40 bits per heavy atom. The summed E-state index contributed by atoms with van der Waals surface area (Å²) in [6.07, 6.45) is 3.60. The second-order valence-electron chi connectivity index (χ2n) is 8.04. The smallest absolute Gasteiger partial charge is 0.243 e. The van der Waals surface area contributed by atoms with E-state index >= 15 is 0 Å². The number of likely N-dealkylation sites (tertiary alicyclic amines) is 1. The van der Waals surface area contributed by atoms with Crippen LogP contribution in [0.4, 0.5) is 5.69 Å². The molecule has 1 aliphatic rings. The van der Waals surface area contributed by atoms with Gasteiger partial charge in [0.05, 0.1) is 11.9 Å². The van der Waals surface area contributed by atoms with Crippen molar-refractivity contribution in [3.63, 3.8) is 0 Å². The number of carbonyl (C=O) groups excluding carboxylic acids is 1. The van der Waals surface area contributed by atoms with E-state index in [2.05, 4.69) is 16.3 Å². The standard InChI is InChI=1S/C23H31N3O3S/c1-18-9-8-12-22(15-18)26(30(3,28)29)19(2)23(27)24-16-20-10-4-5-11-21(20)17-25-13-6-7-14-25/h4-5,8-12,15,19H,6-7,13-14,16-17H2,1-3H3,(H,24,27)/t19-/m1/s1. The third-order valence-electron chi connectivity index (χ3n) is 5.51. The highest BCUT2D eigenvalue weighted by molar-refractivity contribution is 7.92. The van der Waals surface area contributed by atoms with Gasteiger partial charge in [-0.05, 0) is 68.6 Å². The third kappa shape index (κ3) is 5.61. The summed E-state index contributed by atoms with van der Waals surface area (Å²) in [6.45, 7) is 6.98. The Kier molecular flexibility index (Phi) is 7.15. The van der Waals surface area contributed by atoms with Crippen LogP contribution in [0, 0.1) is 6.92 Å². The molecule has 1 amide bonds. The predicted molar refractivity (Wildman–Crippen MR) is 121 cm³/mol. The summed E-state index contributed by atoms with van der Waals surface area (Å²) in [7, 11) is -3.62. The first-order valence-corrected chi connectivity index (χ1v) is 12.2. The van der Waals surface area contributed by atoms with Gasteiger partial charge in [-0.2, -0.15) is 0 Å². The van der Waals surface area contributed by atoms with Gasteiger partial charge in [0.2, 0.25) is 15.9 Å². The quantitative estimate of drug-likeness (QED) is 0.700. The van der Waals surface area contributed by atoms with Crippen LogP contribution in [0.25, 0.3) is 0 Å². The molecule has 3 rings (SSSR count). The van der Waals surface area contributed by atoms with E-state index in [9.17, 15) is 13.2 Å². The number of hydrogen-bond donors (Lipinski definition) is 1. The molecule has 7 heteroatoms. The zero-order chi connectivity index (χ0) is 21.7. The number of aryl methyl sites for hydroxylation is 1. The third-order valence-corrected chi connectivity index (χ3v) is 6.75. The molecule has 0 spiro atoms. The zero-order valence-electron chi connectivity index (χ0n) is 18.0. The maximum Gasteiger partial charge on any atom is 0.243 e. The highest BCUT2D eigenvalue weighted by Crippen LogP contribution is 2.22. The van der Waals surface area contributed by atoms with Crippen LogP contribution in [-0.4, -0.2) is 44.6 Å². The van der Waals surface area contributed by atoms with Gasteiger partial charge in [-0.15, -0.1) is 0 Å². The molecule has 0 aliphatic carbocycles. The number of sulfonamides is 1. The summed E-state index contributed by atoms with van der Waals surface area (Å²) >= 11 is 0. The van der Waals surface area contributed by atoms with Crippen LogP contribution in [0.5, 0.6) is 0 Å². The summed E-state index contributed by atoms with van der Waals surface area (Å²) in [5.74, 6) is -0.321. The van der Waals surface area contributed by atoms with Crippen LogP contribution in [0.3, 0.4) is 0 Å². The minimum absolute atomic E-state index is 0.321. The minimum atomic E-state index is -3.62. The van der Waals surface area contributed by atoms with E-state index in [-0.39, 0.29) is 5.91 Å². The highest BCUT2D eigenvalue weighted by Gasteiger charge is 2.29. The first-order valence-electron chi connectivity index (χ1n) is 10.4. The van der Waals surface area contributed by atoms with Gasteiger partial charge in [0.15, 0.2) is 0 Å². The van der Waals surface area contributed by atoms with Crippen molar-refractivity contribution in [1.29, 1.82) is 0 Å². The Hall–Kier alpha value is -2.38. The molecule has 0 unspecified atom stereocenters. The van der Waals surface area contributed by atoms with Gasteiger partial charge in [-0.25, -0.2) is 8.42 Å². The van der Waals surface area contributed by atoms with Gasteiger partial charge < -0.3 is 5.32 Å². The molecule has 1 saturated heterocycles. The van der Waals surface area contributed by atoms with Crippen molar-refractivity contribution in [2.45, 2.75) is 45.8 Å².